The van der Waals surface area contributed by atoms with Gasteiger partial charge < -0.3 is 5.32 Å². The molecule has 2 N–H and O–H groups in total. The van der Waals surface area contributed by atoms with Gasteiger partial charge in [0, 0.05) is 18.1 Å². The molecule has 1 fully saturated rings. The van der Waals surface area contributed by atoms with E-state index in [1.165, 1.54) is 5.56 Å². The van der Waals surface area contributed by atoms with E-state index < -0.39 is 10.0 Å². The quantitative estimate of drug-likeness (QED) is 0.767. The normalized spacial score (nSPS) is 18.7. The van der Waals surface area contributed by atoms with Crippen molar-refractivity contribution >= 4 is 10.0 Å². The highest BCUT2D eigenvalue weighted by atomic mass is 32.2. The van der Waals surface area contributed by atoms with E-state index in [0.29, 0.717) is 6.54 Å². The highest BCUT2D eigenvalue weighted by Crippen LogP contribution is 2.39. The van der Waals surface area contributed by atoms with Crippen LogP contribution in [0, 0.1) is 0 Å². The van der Waals surface area contributed by atoms with Gasteiger partial charge in [0.2, 0.25) is 10.0 Å². The standard InChI is InChI=1S/C15H24N2O2S/c1-3-20(18,19)16-12-13(2)17-15(9-10-15)11-14-7-5-4-6-8-14/h4-8,13,16-17H,3,9-12H2,1-2H3/t13-/m0/s1. The van der Waals surface area contributed by atoms with E-state index in [4.69, 9.17) is 0 Å². The minimum Gasteiger partial charge on any atom is -0.307 e. The van der Waals surface area contributed by atoms with Gasteiger partial charge in [-0.05, 0) is 38.7 Å². The van der Waals surface area contributed by atoms with E-state index in [9.17, 15) is 8.42 Å². The summed E-state index contributed by atoms with van der Waals surface area (Å²) in [7, 11) is -3.10. The van der Waals surface area contributed by atoms with Crippen LogP contribution >= 0.6 is 0 Å². The molecule has 0 aliphatic heterocycles. The molecule has 0 bridgehead atoms. The fraction of sp³-hybridized carbons (Fsp3) is 0.600. The van der Waals surface area contributed by atoms with Crippen LogP contribution in [-0.2, 0) is 16.4 Å². The van der Waals surface area contributed by atoms with Gasteiger partial charge in [-0.1, -0.05) is 30.3 Å². The summed E-state index contributed by atoms with van der Waals surface area (Å²) in [4.78, 5) is 0. The van der Waals surface area contributed by atoms with Gasteiger partial charge in [0.05, 0.1) is 5.75 Å². The molecule has 1 saturated carbocycles. The minimum absolute atomic E-state index is 0.134. The Morgan fingerprint density at radius 1 is 1.25 bits per heavy atom. The maximum absolute atomic E-state index is 11.4. The van der Waals surface area contributed by atoms with Gasteiger partial charge >= 0.3 is 0 Å². The molecule has 1 aliphatic carbocycles. The molecule has 2 rings (SSSR count). The third kappa shape index (κ3) is 4.58. The zero-order valence-corrected chi connectivity index (χ0v) is 13.0. The largest absolute Gasteiger partial charge is 0.307 e. The van der Waals surface area contributed by atoms with Crippen molar-refractivity contribution in [3.05, 3.63) is 35.9 Å². The zero-order chi connectivity index (χ0) is 14.6. The predicted octanol–water partition coefficient (Wildman–Crippen LogP) is 1.68. The van der Waals surface area contributed by atoms with E-state index in [1.54, 1.807) is 6.92 Å². The molecule has 0 saturated heterocycles. The van der Waals surface area contributed by atoms with Gasteiger partial charge in [0.1, 0.15) is 0 Å². The zero-order valence-electron chi connectivity index (χ0n) is 12.2. The Hall–Kier alpha value is -0.910. The molecule has 0 spiro atoms. The molecule has 112 valence electrons. The molecule has 0 unspecified atom stereocenters. The SMILES string of the molecule is CCS(=O)(=O)NC[C@H](C)NC1(Cc2ccccc2)CC1. The molecule has 0 heterocycles. The lowest BCUT2D eigenvalue weighted by Crippen LogP contribution is -2.46. The molecule has 0 aromatic heterocycles. The van der Waals surface area contributed by atoms with Gasteiger partial charge in [0.15, 0.2) is 0 Å². The van der Waals surface area contributed by atoms with Gasteiger partial charge in [-0.2, -0.15) is 0 Å². The molecule has 1 atom stereocenters. The molecule has 5 heteroatoms. The van der Waals surface area contributed by atoms with Crippen molar-refractivity contribution in [3.8, 4) is 0 Å². The van der Waals surface area contributed by atoms with Gasteiger partial charge in [-0.25, -0.2) is 13.1 Å². The number of hydrogen-bond acceptors (Lipinski definition) is 3. The van der Waals surface area contributed by atoms with Crippen molar-refractivity contribution in [3.63, 3.8) is 0 Å². The second-order valence-corrected chi connectivity index (χ2v) is 7.84. The first kappa shape index (κ1) is 15.5. The van der Waals surface area contributed by atoms with Crippen molar-refractivity contribution in [1.29, 1.82) is 0 Å². The fourth-order valence-corrected chi connectivity index (χ4v) is 3.15. The number of rotatable bonds is 8. The van der Waals surface area contributed by atoms with Crippen LogP contribution in [0.5, 0.6) is 0 Å². The maximum Gasteiger partial charge on any atom is 0.211 e. The second-order valence-electron chi connectivity index (χ2n) is 5.74. The van der Waals surface area contributed by atoms with Crippen LogP contribution in [0.2, 0.25) is 0 Å². The van der Waals surface area contributed by atoms with E-state index in [0.717, 1.165) is 19.3 Å². The van der Waals surface area contributed by atoms with E-state index >= 15 is 0 Å². The molecule has 20 heavy (non-hydrogen) atoms. The molecule has 4 nitrogen and oxygen atoms in total. The molecular formula is C15H24N2O2S. The summed E-state index contributed by atoms with van der Waals surface area (Å²) in [6.07, 6.45) is 3.33. The Balaban J connectivity index is 1.83. The summed E-state index contributed by atoms with van der Waals surface area (Å²) >= 11 is 0. The van der Waals surface area contributed by atoms with E-state index in [1.807, 2.05) is 13.0 Å². The van der Waals surface area contributed by atoms with Gasteiger partial charge in [-0.3, -0.25) is 0 Å². The van der Waals surface area contributed by atoms with Crippen molar-refractivity contribution in [2.24, 2.45) is 0 Å². The molecule has 0 amide bonds. The van der Waals surface area contributed by atoms with Gasteiger partial charge in [-0.15, -0.1) is 0 Å². The summed E-state index contributed by atoms with van der Waals surface area (Å²) in [5.74, 6) is 0.134. The molecule has 1 aromatic carbocycles. The third-order valence-corrected chi connectivity index (χ3v) is 5.15. The lowest BCUT2D eigenvalue weighted by molar-refractivity contribution is 0.422. The monoisotopic (exact) mass is 296 g/mol. The summed E-state index contributed by atoms with van der Waals surface area (Å²) in [5, 5.41) is 3.59. The van der Waals surface area contributed by atoms with Crippen LogP contribution < -0.4 is 10.0 Å². The van der Waals surface area contributed by atoms with Crippen molar-refractivity contribution in [2.75, 3.05) is 12.3 Å². The average molecular weight is 296 g/mol. The van der Waals surface area contributed by atoms with Crippen molar-refractivity contribution in [2.45, 2.75) is 44.7 Å². The first-order valence-corrected chi connectivity index (χ1v) is 8.89. The first-order valence-electron chi connectivity index (χ1n) is 7.24. The fourth-order valence-electron chi connectivity index (χ4n) is 2.44. The van der Waals surface area contributed by atoms with Crippen LogP contribution in [0.1, 0.15) is 32.3 Å². The van der Waals surface area contributed by atoms with Crippen LogP contribution in [-0.4, -0.2) is 32.3 Å². The van der Waals surface area contributed by atoms with Crippen LogP contribution in [0.25, 0.3) is 0 Å². The number of sulfonamides is 1. The topological polar surface area (TPSA) is 58.2 Å². The van der Waals surface area contributed by atoms with Gasteiger partial charge in [0.25, 0.3) is 0 Å². The molecule has 1 aliphatic rings. The average Bonchev–Trinajstić information content (AvgIpc) is 3.17. The number of benzene rings is 1. The highest BCUT2D eigenvalue weighted by molar-refractivity contribution is 7.89. The summed E-state index contributed by atoms with van der Waals surface area (Å²) < 4.78 is 25.5. The minimum atomic E-state index is -3.10. The summed E-state index contributed by atoms with van der Waals surface area (Å²) in [6, 6.07) is 10.6. The van der Waals surface area contributed by atoms with Crippen LogP contribution in [0.15, 0.2) is 30.3 Å². The smallest absolute Gasteiger partial charge is 0.211 e. The Morgan fingerprint density at radius 2 is 1.90 bits per heavy atom. The number of nitrogens with one attached hydrogen (secondary N) is 2. The first-order chi connectivity index (χ1) is 9.45. The van der Waals surface area contributed by atoms with Crippen molar-refractivity contribution < 1.29 is 8.42 Å². The lowest BCUT2D eigenvalue weighted by Gasteiger charge is -2.23. The number of hydrogen-bond donors (Lipinski definition) is 2. The van der Waals surface area contributed by atoms with E-state index in [-0.39, 0.29) is 17.3 Å². The Kier molecular flexibility index (Phi) is 4.83. The highest BCUT2D eigenvalue weighted by Gasteiger charge is 2.43. The predicted molar refractivity (Wildman–Crippen MR) is 82.2 cm³/mol. The summed E-state index contributed by atoms with van der Waals surface area (Å²) in [6.45, 7) is 4.13. The Morgan fingerprint density at radius 3 is 2.45 bits per heavy atom. The molecule has 0 radical (unpaired) electrons. The van der Waals surface area contributed by atoms with Crippen LogP contribution in [0.3, 0.4) is 0 Å². The third-order valence-electron chi connectivity index (χ3n) is 3.78. The second kappa shape index (κ2) is 6.24. The maximum atomic E-state index is 11.4. The van der Waals surface area contributed by atoms with Crippen molar-refractivity contribution in [1.82, 2.24) is 10.0 Å². The van der Waals surface area contributed by atoms with E-state index in [2.05, 4.69) is 34.3 Å². The molecular weight excluding hydrogens is 272 g/mol. The van der Waals surface area contributed by atoms with Crippen LogP contribution in [0.4, 0.5) is 0 Å². The molecule has 1 aromatic rings. The Labute approximate surface area is 122 Å². The Bertz CT molecular complexity index is 524. The lowest BCUT2D eigenvalue weighted by atomic mass is 10.0. The summed E-state index contributed by atoms with van der Waals surface area (Å²) in [5.41, 5.74) is 1.50.